The number of rotatable bonds is 5. The summed E-state index contributed by atoms with van der Waals surface area (Å²) in [6.45, 7) is 10.9. The number of hydrogen-bond donors (Lipinski definition) is 1. The largest absolute Gasteiger partial charge is 0.336 e. The molecule has 1 aliphatic heterocycles. The van der Waals surface area contributed by atoms with Gasteiger partial charge in [0, 0.05) is 47.6 Å². The Kier molecular flexibility index (Phi) is 8.08. The highest BCUT2D eigenvalue weighted by atomic mass is 79.9. The van der Waals surface area contributed by atoms with Crippen LogP contribution in [0.2, 0.25) is 0 Å². The highest BCUT2D eigenvalue weighted by Gasteiger charge is 2.36. The van der Waals surface area contributed by atoms with Gasteiger partial charge < -0.3 is 10.2 Å². The first-order chi connectivity index (χ1) is 18.2. The Labute approximate surface area is 238 Å². The fraction of sp³-hybridized carbons (Fsp3) is 0.419. The molecule has 200 valence electrons. The van der Waals surface area contributed by atoms with Crippen LogP contribution in [0, 0.1) is 11.3 Å². The smallest absolute Gasteiger partial charge is 0.257 e. The van der Waals surface area contributed by atoms with E-state index in [0.29, 0.717) is 29.6 Å². The summed E-state index contributed by atoms with van der Waals surface area (Å²) in [5.74, 6) is 0.445. The molecule has 2 heterocycles. The average Bonchev–Trinajstić information content (AvgIpc) is 3.26. The second-order valence-electron chi connectivity index (χ2n) is 11.5. The lowest BCUT2D eigenvalue weighted by atomic mass is 9.72. The molecule has 0 radical (unpaired) electrons. The zero-order valence-electron chi connectivity index (χ0n) is 22.4. The fourth-order valence-corrected chi connectivity index (χ4v) is 7.10. The summed E-state index contributed by atoms with van der Waals surface area (Å²) in [7, 11) is 0. The zero-order chi connectivity index (χ0) is 26.9. The molecule has 7 heteroatoms. The topological polar surface area (TPSA) is 52.7 Å². The maximum Gasteiger partial charge on any atom is 0.257 e. The van der Waals surface area contributed by atoms with Gasteiger partial charge in [-0.2, -0.15) is 0 Å². The van der Waals surface area contributed by atoms with Crippen molar-refractivity contribution in [2.75, 3.05) is 31.5 Å². The van der Waals surface area contributed by atoms with Gasteiger partial charge in [0.1, 0.15) is 5.00 Å². The Balaban J connectivity index is 1.37. The molecule has 3 aromatic rings. The highest BCUT2D eigenvalue weighted by molar-refractivity contribution is 9.10. The second kappa shape index (κ2) is 11.3. The molecule has 1 atom stereocenters. The van der Waals surface area contributed by atoms with Crippen molar-refractivity contribution in [2.45, 2.75) is 46.6 Å². The van der Waals surface area contributed by atoms with E-state index in [0.717, 1.165) is 54.5 Å². The Bertz CT molecular complexity index is 1290. The van der Waals surface area contributed by atoms with E-state index < -0.39 is 0 Å². The van der Waals surface area contributed by atoms with Crippen molar-refractivity contribution in [3.8, 4) is 0 Å². The van der Waals surface area contributed by atoms with E-state index >= 15 is 0 Å². The van der Waals surface area contributed by atoms with E-state index in [1.807, 2.05) is 23.1 Å². The lowest BCUT2D eigenvalue weighted by molar-refractivity contribution is 0.0628. The van der Waals surface area contributed by atoms with Crippen LogP contribution in [0.3, 0.4) is 0 Å². The number of benzene rings is 2. The number of nitrogens with zero attached hydrogens (tertiary/aromatic N) is 2. The van der Waals surface area contributed by atoms with Gasteiger partial charge in [-0.25, -0.2) is 0 Å². The molecule has 1 saturated heterocycles. The van der Waals surface area contributed by atoms with Gasteiger partial charge in [0.05, 0.1) is 5.56 Å². The summed E-state index contributed by atoms with van der Waals surface area (Å²) in [6, 6.07) is 17.8. The third-order valence-corrected chi connectivity index (χ3v) is 9.64. The predicted molar refractivity (Wildman–Crippen MR) is 159 cm³/mol. The van der Waals surface area contributed by atoms with Gasteiger partial charge in [0.2, 0.25) is 0 Å². The van der Waals surface area contributed by atoms with Gasteiger partial charge in [-0.3, -0.25) is 14.5 Å². The molecule has 0 saturated carbocycles. The summed E-state index contributed by atoms with van der Waals surface area (Å²) in [5, 5.41) is 3.83. The normalized spacial score (nSPS) is 18.2. The molecule has 5 nitrogen and oxygen atoms in total. The van der Waals surface area contributed by atoms with Crippen LogP contribution in [0.4, 0.5) is 5.00 Å². The van der Waals surface area contributed by atoms with E-state index in [4.69, 9.17) is 0 Å². The first-order valence-electron chi connectivity index (χ1n) is 13.5. The van der Waals surface area contributed by atoms with E-state index in [9.17, 15) is 9.59 Å². The van der Waals surface area contributed by atoms with E-state index in [1.54, 1.807) is 23.5 Å². The Hall–Kier alpha value is -2.48. The van der Waals surface area contributed by atoms with Gasteiger partial charge in [0.15, 0.2) is 0 Å². The van der Waals surface area contributed by atoms with Crippen molar-refractivity contribution in [3.63, 3.8) is 0 Å². The SMILES string of the molecule is CC(C)(C)C1CCc2c(sc(NC(=O)c3ccc(Br)cc3)c2C(=O)N2CCN(Cc3ccccc3)CC2)C1. The number of fused-ring (bicyclic) bond motifs is 1. The molecule has 38 heavy (non-hydrogen) atoms. The van der Waals surface area contributed by atoms with Crippen LogP contribution in [0.15, 0.2) is 59.1 Å². The van der Waals surface area contributed by atoms with Crippen molar-refractivity contribution in [1.29, 1.82) is 0 Å². The monoisotopic (exact) mass is 593 g/mol. The summed E-state index contributed by atoms with van der Waals surface area (Å²) in [6.07, 6.45) is 2.91. The molecule has 1 aliphatic carbocycles. The van der Waals surface area contributed by atoms with Gasteiger partial charge in [0.25, 0.3) is 11.8 Å². The molecular formula is C31H36BrN3O2S. The molecule has 1 unspecified atom stereocenters. The number of carbonyl (C=O) groups is 2. The molecule has 0 spiro atoms. The Morgan fingerprint density at radius 2 is 1.68 bits per heavy atom. The summed E-state index contributed by atoms with van der Waals surface area (Å²) < 4.78 is 0.927. The van der Waals surface area contributed by atoms with Crippen LogP contribution in [0.1, 0.15) is 63.9 Å². The first-order valence-corrected chi connectivity index (χ1v) is 15.1. The molecule has 2 aromatic carbocycles. The van der Waals surface area contributed by atoms with Crippen molar-refractivity contribution in [1.82, 2.24) is 9.80 Å². The van der Waals surface area contributed by atoms with Crippen LogP contribution in [-0.4, -0.2) is 47.8 Å². The molecule has 1 N–H and O–H groups in total. The summed E-state index contributed by atoms with van der Waals surface area (Å²) >= 11 is 5.04. The number of halogens is 1. The quantitative estimate of drug-likeness (QED) is 0.351. The fourth-order valence-electron chi connectivity index (χ4n) is 5.52. The summed E-state index contributed by atoms with van der Waals surface area (Å²) in [4.78, 5) is 32.8. The minimum atomic E-state index is -0.176. The maximum absolute atomic E-state index is 14.0. The van der Waals surface area contributed by atoms with Gasteiger partial charge in [-0.15, -0.1) is 11.3 Å². The minimum absolute atomic E-state index is 0.0576. The second-order valence-corrected chi connectivity index (χ2v) is 13.5. The molecule has 1 aromatic heterocycles. The van der Waals surface area contributed by atoms with E-state index in [1.165, 1.54) is 10.4 Å². The molecule has 1 fully saturated rings. The molecule has 5 rings (SSSR count). The standard InChI is InChI=1S/C31H36BrN3O2S/c1-31(2,3)23-11-14-25-26(19-23)38-29(33-28(36)22-9-12-24(32)13-10-22)27(25)30(37)35-17-15-34(16-18-35)20-21-7-5-4-6-8-21/h4-10,12-13,23H,11,14-20H2,1-3H3,(H,33,36). The van der Waals surface area contributed by atoms with Crippen molar-refractivity contribution in [3.05, 3.63) is 86.2 Å². The van der Waals surface area contributed by atoms with E-state index in [2.05, 4.69) is 71.2 Å². The average molecular weight is 595 g/mol. The van der Waals surface area contributed by atoms with Gasteiger partial charge >= 0.3 is 0 Å². The Morgan fingerprint density at radius 1 is 1.00 bits per heavy atom. The van der Waals surface area contributed by atoms with Crippen LogP contribution in [-0.2, 0) is 19.4 Å². The molecule has 0 bridgehead atoms. The summed E-state index contributed by atoms with van der Waals surface area (Å²) in [5.41, 5.74) is 3.96. The lowest BCUT2D eigenvalue weighted by Crippen LogP contribution is -2.48. The third-order valence-electron chi connectivity index (χ3n) is 7.95. The minimum Gasteiger partial charge on any atom is -0.336 e. The number of hydrogen-bond acceptors (Lipinski definition) is 4. The highest BCUT2D eigenvalue weighted by Crippen LogP contribution is 2.44. The van der Waals surface area contributed by atoms with Crippen LogP contribution in [0.25, 0.3) is 0 Å². The van der Waals surface area contributed by atoms with Crippen LogP contribution >= 0.6 is 27.3 Å². The predicted octanol–water partition coefficient (Wildman–Crippen LogP) is 6.87. The Morgan fingerprint density at radius 3 is 2.34 bits per heavy atom. The van der Waals surface area contributed by atoms with Crippen molar-refractivity contribution >= 4 is 44.1 Å². The molecular weight excluding hydrogens is 558 g/mol. The zero-order valence-corrected chi connectivity index (χ0v) is 24.8. The third kappa shape index (κ3) is 6.05. The number of nitrogens with one attached hydrogen (secondary N) is 1. The van der Waals surface area contributed by atoms with E-state index in [-0.39, 0.29) is 17.2 Å². The van der Waals surface area contributed by atoms with Crippen LogP contribution in [0.5, 0.6) is 0 Å². The number of piperazine rings is 1. The van der Waals surface area contributed by atoms with Crippen molar-refractivity contribution in [2.24, 2.45) is 11.3 Å². The number of amides is 2. The number of carbonyl (C=O) groups excluding carboxylic acids is 2. The number of thiophene rings is 1. The number of anilines is 1. The molecule has 2 amide bonds. The first kappa shape index (κ1) is 27.1. The van der Waals surface area contributed by atoms with Crippen molar-refractivity contribution < 1.29 is 9.59 Å². The molecule has 2 aliphatic rings. The van der Waals surface area contributed by atoms with Gasteiger partial charge in [-0.1, -0.05) is 67.0 Å². The lowest BCUT2D eigenvalue weighted by Gasteiger charge is -2.36. The maximum atomic E-state index is 14.0. The van der Waals surface area contributed by atoms with Gasteiger partial charge in [-0.05, 0) is 66.0 Å². The van der Waals surface area contributed by atoms with Crippen LogP contribution < -0.4 is 5.32 Å².